The second-order valence-electron chi connectivity index (χ2n) is 4.29. The van der Waals surface area contributed by atoms with E-state index in [1.807, 2.05) is 30.9 Å². The molecule has 0 amide bonds. The van der Waals surface area contributed by atoms with Crippen LogP contribution in [0.15, 0.2) is 35.2 Å². The van der Waals surface area contributed by atoms with Crippen molar-refractivity contribution in [2.75, 3.05) is 7.05 Å². The van der Waals surface area contributed by atoms with Gasteiger partial charge in [0, 0.05) is 17.7 Å². The molecule has 18 heavy (non-hydrogen) atoms. The third-order valence-electron chi connectivity index (χ3n) is 2.79. The van der Waals surface area contributed by atoms with Crippen molar-refractivity contribution < 1.29 is 4.39 Å². The van der Waals surface area contributed by atoms with E-state index in [1.165, 1.54) is 6.07 Å². The van der Waals surface area contributed by atoms with Gasteiger partial charge in [-0.15, -0.1) is 0 Å². The molecule has 0 radical (unpaired) electrons. The van der Waals surface area contributed by atoms with E-state index in [-0.39, 0.29) is 11.9 Å². The molecule has 3 nitrogen and oxygen atoms in total. The zero-order valence-corrected chi connectivity index (χ0v) is 11.9. The fourth-order valence-electron chi connectivity index (χ4n) is 1.93. The molecule has 0 spiro atoms. The first-order valence-electron chi connectivity index (χ1n) is 5.68. The zero-order valence-electron chi connectivity index (χ0n) is 10.3. The van der Waals surface area contributed by atoms with Gasteiger partial charge in [0.05, 0.1) is 18.1 Å². The highest BCUT2D eigenvalue weighted by molar-refractivity contribution is 9.10. The maximum Gasteiger partial charge on any atom is 0.124 e. The monoisotopic (exact) mass is 311 g/mol. The molecule has 1 heterocycles. The van der Waals surface area contributed by atoms with Crippen LogP contribution in [0.5, 0.6) is 0 Å². The number of benzene rings is 1. The number of aromatic nitrogens is 2. The number of imidazole rings is 1. The van der Waals surface area contributed by atoms with Crippen LogP contribution in [0.1, 0.15) is 17.3 Å². The van der Waals surface area contributed by atoms with Crippen LogP contribution < -0.4 is 5.32 Å². The molecule has 0 bridgehead atoms. The Hall–Kier alpha value is -1.20. The summed E-state index contributed by atoms with van der Waals surface area (Å²) in [7, 11) is 3.82. The summed E-state index contributed by atoms with van der Waals surface area (Å²) in [5, 5.41) is 3.21. The Kier molecular flexibility index (Phi) is 4.14. The quantitative estimate of drug-likeness (QED) is 0.941. The first-order valence-corrected chi connectivity index (χ1v) is 6.48. The van der Waals surface area contributed by atoms with Crippen molar-refractivity contribution in [3.63, 3.8) is 0 Å². The minimum Gasteiger partial charge on any atom is -0.340 e. The van der Waals surface area contributed by atoms with Crippen molar-refractivity contribution in [1.82, 2.24) is 14.9 Å². The molecule has 5 heteroatoms. The van der Waals surface area contributed by atoms with Crippen LogP contribution in [0, 0.1) is 5.82 Å². The largest absolute Gasteiger partial charge is 0.340 e. The summed E-state index contributed by atoms with van der Waals surface area (Å²) in [6.07, 6.45) is 4.43. The Morgan fingerprint density at radius 3 is 2.78 bits per heavy atom. The van der Waals surface area contributed by atoms with Gasteiger partial charge in [0.15, 0.2) is 0 Å². The van der Waals surface area contributed by atoms with Crippen molar-refractivity contribution in [2.24, 2.45) is 7.05 Å². The molecule has 1 N–H and O–H groups in total. The van der Waals surface area contributed by atoms with Gasteiger partial charge < -0.3 is 9.88 Å². The van der Waals surface area contributed by atoms with E-state index in [0.717, 1.165) is 15.7 Å². The van der Waals surface area contributed by atoms with Crippen molar-refractivity contribution in [2.45, 2.75) is 12.5 Å². The number of hydrogen-bond acceptors (Lipinski definition) is 2. The SMILES string of the molecule is CNC(Cc1cc(F)cc(Br)c1)c1cn(C)cn1. The summed E-state index contributed by atoms with van der Waals surface area (Å²) >= 11 is 3.31. The average Bonchev–Trinajstić information content (AvgIpc) is 2.71. The molecule has 2 aromatic rings. The van der Waals surface area contributed by atoms with Crippen molar-refractivity contribution >= 4 is 15.9 Å². The van der Waals surface area contributed by atoms with Gasteiger partial charge in [-0.25, -0.2) is 9.37 Å². The lowest BCUT2D eigenvalue weighted by Gasteiger charge is -2.14. The lowest BCUT2D eigenvalue weighted by atomic mass is 10.0. The molecule has 0 aliphatic heterocycles. The fourth-order valence-corrected chi connectivity index (χ4v) is 2.44. The second-order valence-corrected chi connectivity index (χ2v) is 5.20. The van der Waals surface area contributed by atoms with Gasteiger partial charge in [0.2, 0.25) is 0 Å². The molecule has 0 saturated carbocycles. The molecule has 0 aliphatic rings. The van der Waals surface area contributed by atoms with Crippen molar-refractivity contribution in [3.05, 3.63) is 52.3 Å². The standard InChI is InChI=1S/C13H15BrFN3/c1-16-12(13-7-18(2)8-17-13)5-9-3-10(14)6-11(15)4-9/h3-4,6-8,12,16H,5H2,1-2H3. The average molecular weight is 312 g/mol. The van der Waals surface area contributed by atoms with Crippen molar-refractivity contribution in [3.8, 4) is 0 Å². The number of halogens is 2. The molecule has 0 fully saturated rings. The highest BCUT2D eigenvalue weighted by atomic mass is 79.9. The van der Waals surface area contributed by atoms with Gasteiger partial charge in [-0.3, -0.25) is 0 Å². The maximum absolute atomic E-state index is 13.3. The Labute approximate surface area is 114 Å². The molecule has 1 aromatic carbocycles. The minimum absolute atomic E-state index is 0.0832. The Bertz CT molecular complexity index is 519. The van der Waals surface area contributed by atoms with Crippen LogP contribution in [-0.2, 0) is 13.5 Å². The van der Waals surface area contributed by atoms with Gasteiger partial charge >= 0.3 is 0 Å². The Morgan fingerprint density at radius 1 is 1.44 bits per heavy atom. The lowest BCUT2D eigenvalue weighted by Crippen LogP contribution is -2.19. The Balaban J connectivity index is 2.20. The first kappa shape index (κ1) is 13.2. The van der Waals surface area contributed by atoms with E-state index >= 15 is 0 Å². The van der Waals surface area contributed by atoms with Crippen LogP contribution in [0.3, 0.4) is 0 Å². The highest BCUT2D eigenvalue weighted by Crippen LogP contribution is 2.20. The van der Waals surface area contributed by atoms with Gasteiger partial charge in [0.25, 0.3) is 0 Å². The highest BCUT2D eigenvalue weighted by Gasteiger charge is 2.13. The van der Waals surface area contributed by atoms with E-state index in [1.54, 1.807) is 12.4 Å². The normalized spacial score (nSPS) is 12.7. The predicted octanol–water partition coefficient (Wildman–Crippen LogP) is 2.82. The molecular formula is C13H15BrFN3. The maximum atomic E-state index is 13.3. The Morgan fingerprint density at radius 2 is 2.22 bits per heavy atom. The van der Waals surface area contributed by atoms with Crippen LogP contribution in [0.4, 0.5) is 4.39 Å². The predicted molar refractivity (Wildman–Crippen MR) is 72.8 cm³/mol. The summed E-state index contributed by atoms with van der Waals surface area (Å²) in [6.45, 7) is 0. The van der Waals surface area contributed by atoms with E-state index in [9.17, 15) is 4.39 Å². The smallest absolute Gasteiger partial charge is 0.124 e. The van der Waals surface area contributed by atoms with Crippen LogP contribution >= 0.6 is 15.9 Å². The van der Waals surface area contributed by atoms with Crippen LogP contribution in [0.25, 0.3) is 0 Å². The van der Waals surface area contributed by atoms with E-state index < -0.39 is 0 Å². The summed E-state index contributed by atoms with van der Waals surface area (Å²) in [4.78, 5) is 4.32. The lowest BCUT2D eigenvalue weighted by molar-refractivity contribution is 0.572. The van der Waals surface area contributed by atoms with Crippen LogP contribution in [0.2, 0.25) is 0 Å². The zero-order chi connectivity index (χ0) is 13.1. The topological polar surface area (TPSA) is 29.9 Å². The molecule has 1 atom stereocenters. The van der Waals surface area contributed by atoms with E-state index in [0.29, 0.717) is 6.42 Å². The van der Waals surface area contributed by atoms with E-state index in [2.05, 4.69) is 26.2 Å². The number of rotatable bonds is 4. The van der Waals surface area contributed by atoms with Crippen molar-refractivity contribution in [1.29, 1.82) is 0 Å². The molecular weight excluding hydrogens is 297 g/mol. The third kappa shape index (κ3) is 3.17. The summed E-state index contributed by atoms with van der Waals surface area (Å²) in [6, 6.07) is 5.02. The molecule has 0 saturated heterocycles. The van der Waals surface area contributed by atoms with Gasteiger partial charge in [0.1, 0.15) is 5.82 Å². The summed E-state index contributed by atoms with van der Waals surface area (Å²) in [5.74, 6) is -0.227. The summed E-state index contributed by atoms with van der Waals surface area (Å²) in [5.41, 5.74) is 1.90. The third-order valence-corrected chi connectivity index (χ3v) is 3.25. The second kappa shape index (κ2) is 5.63. The number of hydrogen-bond donors (Lipinski definition) is 1. The fraction of sp³-hybridized carbons (Fsp3) is 0.308. The molecule has 1 aromatic heterocycles. The van der Waals surface area contributed by atoms with Crippen LogP contribution in [-0.4, -0.2) is 16.6 Å². The minimum atomic E-state index is -0.227. The van der Waals surface area contributed by atoms with E-state index in [4.69, 9.17) is 0 Å². The first-order chi connectivity index (χ1) is 8.58. The van der Waals surface area contributed by atoms with Gasteiger partial charge in [-0.2, -0.15) is 0 Å². The van der Waals surface area contributed by atoms with Gasteiger partial charge in [-0.1, -0.05) is 15.9 Å². The number of aryl methyl sites for hydroxylation is 1. The summed E-state index contributed by atoms with van der Waals surface area (Å²) < 4.78 is 16.0. The molecule has 1 unspecified atom stereocenters. The molecule has 0 aliphatic carbocycles. The number of nitrogens with zero attached hydrogens (tertiary/aromatic N) is 2. The van der Waals surface area contributed by atoms with Gasteiger partial charge in [-0.05, 0) is 37.2 Å². The molecule has 96 valence electrons. The number of likely N-dealkylation sites (N-methyl/N-ethyl adjacent to an activating group) is 1. The number of nitrogens with one attached hydrogen (secondary N) is 1. The molecule has 2 rings (SSSR count).